The lowest BCUT2D eigenvalue weighted by molar-refractivity contribution is 0.399. The lowest BCUT2D eigenvalue weighted by atomic mass is 10.0. The third kappa shape index (κ3) is 3.26. The summed E-state index contributed by atoms with van der Waals surface area (Å²) in [5.74, 6) is 0.830. The van der Waals surface area contributed by atoms with Gasteiger partial charge in [0.1, 0.15) is 5.75 Å². The third-order valence-corrected chi connectivity index (χ3v) is 2.81. The molecule has 1 atom stereocenters. The second-order valence-electron chi connectivity index (χ2n) is 3.59. The van der Waals surface area contributed by atoms with E-state index in [1.54, 1.807) is 7.11 Å². The smallest absolute Gasteiger partial charge is 0.125 e. The highest BCUT2D eigenvalue weighted by atomic mass is 35.5. The van der Waals surface area contributed by atoms with Gasteiger partial charge in [-0.05, 0) is 32.0 Å². The van der Waals surface area contributed by atoms with E-state index in [0.717, 1.165) is 24.2 Å². The van der Waals surface area contributed by atoms with Crippen LogP contribution in [-0.4, -0.2) is 14.2 Å². The van der Waals surface area contributed by atoms with Crippen molar-refractivity contribution < 1.29 is 4.74 Å². The van der Waals surface area contributed by atoms with Crippen molar-refractivity contribution in [1.29, 1.82) is 0 Å². The topological polar surface area (TPSA) is 21.3 Å². The molecule has 0 aromatic heterocycles. The van der Waals surface area contributed by atoms with Crippen LogP contribution in [-0.2, 0) is 0 Å². The zero-order chi connectivity index (χ0) is 12.0. The molecule has 3 heteroatoms. The summed E-state index contributed by atoms with van der Waals surface area (Å²) in [5, 5.41) is 3.97. The molecule has 0 aliphatic carbocycles. The van der Waals surface area contributed by atoms with Crippen LogP contribution in [0.1, 0.15) is 24.4 Å². The summed E-state index contributed by atoms with van der Waals surface area (Å²) in [7, 11) is 3.61. The molecule has 1 rings (SSSR count). The second-order valence-corrected chi connectivity index (χ2v) is 4.03. The molecule has 16 heavy (non-hydrogen) atoms. The summed E-state index contributed by atoms with van der Waals surface area (Å²) in [4.78, 5) is 0. The van der Waals surface area contributed by atoms with E-state index < -0.39 is 0 Å². The van der Waals surface area contributed by atoms with Gasteiger partial charge in [-0.3, -0.25) is 0 Å². The van der Waals surface area contributed by atoms with Gasteiger partial charge in [-0.1, -0.05) is 23.7 Å². The maximum atomic E-state index is 5.93. The Balaban J connectivity index is 2.94. The molecule has 0 aliphatic rings. The number of ether oxygens (including phenoxy) is 1. The van der Waals surface area contributed by atoms with E-state index in [4.69, 9.17) is 16.3 Å². The van der Waals surface area contributed by atoms with Crippen LogP contribution in [0.25, 0.3) is 0 Å². The molecule has 1 N–H and O–H groups in total. The van der Waals surface area contributed by atoms with Crippen LogP contribution in [0.5, 0.6) is 5.75 Å². The van der Waals surface area contributed by atoms with Crippen molar-refractivity contribution in [2.75, 3.05) is 14.2 Å². The van der Waals surface area contributed by atoms with Crippen LogP contribution in [0.15, 0.2) is 30.9 Å². The maximum Gasteiger partial charge on any atom is 0.125 e. The predicted octanol–water partition coefficient (Wildman–Crippen LogP) is 3.58. The van der Waals surface area contributed by atoms with Gasteiger partial charge in [-0.2, -0.15) is 0 Å². The fraction of sp³-hybridized carbons (Fsp3) is 0.385. The first-order chi connectivity index (χ1) is 7.72. The Morgan fingerprint density at radius 3 is 2.88 bits per heavy atom. The normalized spacial score (nSPS) is 12.2. The molecule has 2 nitrogen and oxygen atoms in total. The molecule has 0 saturated heterocycles. The first kappa shape index (κ1) is 13.1. The Morgan fingerprint density at radius 2 is 2.31 bits per heavy atom. The van der Waals surface area contributed by atoms with Gasteiger partial charge in [0.25, 0.3) is 0 Å². The highest BCUT2D eigenvalue weighted by Gasteiger charge is 2.13. The summed E-state index contributed by atoms with van der Waals surface area (Å²) in [6.45, 7) is 3.74. The van der Waals surface area contributed by atoms with E-state index in [1.165, 1.54) is 0 Å². The fourth-order valence-electron chi connectivity index (χ4n) is 1.71. The molecule has 88 valence electrons. The SMILES string of the molecule is C=CCCC(NC)c1ccc(Cl)cc1OC. The summed E-state index contributed by atoms with van der Waals surface area (Å²) >= 11 is 5.93. The first-order valence-corrected chi connectivity index (χ1v) is 5.72. The molecule has 0 fully saturated rings. The van der Waals surface area contributed by atoms with Crippen LogP contribution in [0.2, 0.25) is 5.02 Å². The van der Waals surface area contributed by atoms with Gasteiger partial charge < -0.3 is 10.1 Å². The monoisotopic (exact) mass is 239 g/mol. The molecule has 0 radical (unpaired) electrons. The lowest BCUT2D eigenvalue weighted by Gasteiger charge is -2.18. The summed E-state index contributed by atoms with van der Waals surface area (Å²) in [6, 6.07) is 6.00. The Kier molecular flexibility index (Phi) is 5.36. The van der Waals surface area contributed by atoms with Gasteiger partial charge >= 0.3 is 0 Å². The average molecular weight is 240 g/mol. The van der Waals surface area contributed by atoms with Gasteiger partial charge in [0, 0.05) is 16.6 Å². The standard InChI is InChI=1S/C13H18ClNO/c1-4-5-6-12(15-2)11-8-7-10(14)9-13(11)16-3/h4,7-9,12,15H,1,5-6H2,2-3H3. The lowest BCUT2D eigenvalue weighted by Crippen LogP contribution is -2.16. The number of hydrogen-bond donors (Lipinski definition) is 1. The minimum Gasteiger partial charge on any atom is -0.496 e. The van der Waals surface area contributed by atoms with Crippen molar-refractivity contribution in [3.05, 3.63) is 41.4 Å². The second kappa shape index (κ2) is 6.56. The van der Waals surface area contributed by atoms with Crippen molar-refractivity contribution in [3.8, 4) is 5.75 Å². The van der Waals surface area contributed by atoms with E-state index in [-0.39, 0.29) is 6.04 Å². The molecule has 0 saturated carbocycles. The van der Waals surface area contributed by atoms with Gasteiger partial charge in [0.05, 0.1) is 7.11 Å². The highest BCUT2D eigenvalue weighted by molar-refractivity contribution is 6.30. The minimum absolute atomic E-state index is 0.269. The molecule has 0 bridgehead atoms. The number of allylic oxidation sites excluding steroid dienone is 1. The average Bonchev–Trinajstić information content (AvgIpc) is 2.31. The van der Waals surface area contributed by atoms with Crippen molar-refractivity contribution in [2.45, 2.75) is 18.9 Å². The van der Waals surface area contributed by atoms with Crippen LogP contribution in [0.3, 0.4) is 0 Å². The summed E-state index contributed by atoms with van der Waals surface area (Å²) in [6.07, 6.45) is 3.89. The minimum atomic E-state index is 0.269. The summed E-state index contributed by atoms with van der Waals surface area (Å²) in [5.41, 5.74) is 1.14. The van der Waals surface area contributed by atoms with Crippen LogP contribution in [0.4, 0.5) is 0 Å². The van der Waals surface area contributed by atoms with E-state index in [0.29, 0.717) is 5.02 Å². The van der Waals surface area contributed by atoms with Crippen molar-refractivity contribution >= 4 is 11.6 Å². The molecule has 0 heterocycles. The van der Waals surface area contributed by atoms with Crippen molar-refractivity contribution in [3.63, 3.8) is 0 Å². The zero-order valence-corrected chi connectivity index (χ0v) is 10.6. The number of methoxy groups -OCH3 is 1. The van der Waals surface area contributed by atoms with Gasteiger partial charge in [-0.15, -0.1) is 6.58 Å². The molecule has 1 aromatic rings. The van der Waals surface area contributed by atoms with Crippen LogP contribution < -0.4 is 10.1 Å². The Labute approximate surface area is 102 Å². The fourth-order valence-corrected chi connectivity index (χ4v) is 1.87. The molecule has 0 amide bonds. The molecule has 1 unspecified atom stereocenters. The third-order valence-electron chi connectivity index (χ3n) is 2.58. The first-order valence-electron chi connectivity index (χ1n) is 5.34. The molecule has 1 aromatic carbocycles. The van der Waals surface area contributed by atoms with Gasteiger partial charge in [0.2, 0.25) is 0 Å². The predicted molar refractivity (Wildman–Crippen MR) is 69.2 cm³/mol. The quantitative estimate of drug-likeness (QED) is 0.767. The van der Waals surface area contributed by atoms with E-state index in [2.05, 4.69) is 11.9 Å². The number of rotatable bonds is 6. The van der Waals surface area contributed by atoms with Crippen molar-refractivity contribution in [1.82, 2.24) is 5.32 Å². The largest absolute Gasteiger partial charge is 0.496 e. The van der Waals surface area contributed by atoms with E-state index in [1.807, 2.05) is 31.3 Å². The zero-order valence-electron chi connectivity index (χ0n) is 9.79. The Morgan fingerprint density at radius 1 is 1.56 bits per heavy atom. The van der Waals surface area contributed by atoms with Gasteiger partial charge in [-0.25, -0.2) is 0 Å². The van der Waals surface area contributed by atoms with E-state index >= 15 is 0 Å². The number of hydrogen-bond acceptors (Lipinski definition) is 2. The molecule has 0 aliphatic heterocycles. The van der Waals surface area contributed by atoms with E-state index in [9.17, 15) is 0 Å². The molecule has 0 spiro atoms. The Hall–Kier alpha value is -0.990. The van der Waals surface area contributed by atoms with Gasteiger partial charge in [0.15, 0.2) is 0 Å². The van der Waals surface area contributed by atoms with Crippen LogP contribution in [0, 0.1) is 0 Å². The van der Waals surface area contributed by atoms with Crippen molar-refractivity contribution in [2.24, 2.45) is 0 Å². The Bertz CT molecular complexity index is 352. The molecular weight excluding hydrogens is 222 g/mol. The highest BCUT2D eigenvalue weighted by Crippen LogP contribution is 2.30. The van der Waals surface area contributed by atoms with Crippen LogP contribution >= 0.6 is 11.6 Å². The number of halogens is 1. The number of nitrogens with one attached hydrogen (secondary N) is 1. The number of benzene rings is 1. The molecular formula is C13H18ClNO. The summed E-state index contributed by atoms with van der Waals surface area (Å²) < 4.78 is 5.34. The maximum absolute atomic E-state index is 5.93.